The molecular weight excluding hydrogens is 372 g/mol. The molecule has 4 rings (SSSR count). The van der Waals surface area contributed by atoms with Gasteiger partial charge in [0.1, 0.15) is 5.75 Å². The SMILES string of the molecule is Cc1ccc2c(Nc3cc(Cl)ccc3Oc3ccc(CN)cc3)ccnc2n1. The molecule has 0 spiro atoms. The lowest BCUT2D eigenvalue weighted by atomic mass is 10.2. The topological polar surface area (TPSA) is 73.1 Å². The molecule has 28 heavy (non-hydrogen) atoms. The average Bonchev–Trinajstić information content (AvgIpc) is 2.70. The Kier molecular flexibility index (Phi) is 5.10. The molecule has 3 N–H and O–H groups in total. The second-order valence-corrected chi connectivity index (χ2v) is 6.83. The number of aryl methyl sites for hydroxylation is 1. The zero-order valence-electron chi connectivity index (χ0n) is 15.3. The molecule has 0 saturated heterocycles. The van der Waals surface area contributed by atoms with Crippen molar-refractivity contribution < 1.29 is 4.74 Å². The largest absolute Gasteiger partial charge is 0.455 e. The van der Waals surface area contributed by atoms with E-state index in [1.165, 1.54) is 0 Å². The van der Waals surface area contributed by atoms with E-state index in [0.717, 1.165) is 33.8 Å². The molecule has 0 fully saturated rings. The first kappa shape index (κ1) is 18.2. The van der Waals surface area contributed by atoms with E-state index in [2.05, 4.69) is 15.3 Å². The minimum absolute atomic E-state index is 0.497. The molecule has 6 heteroatoms. The highest BCUT2D eigenvalue weighted by Crippen LogP contribution is 2.35. The van der Waals surface area contributed by atoms with Crippen LogP contribution in [-0.4, -0.2) is 9.97 Å². The lowest BCUT2D eigenvalue weighted by molar-refractivity contribution is 0.484. The maximum Gasteiger partial charge on any atom is 0.161 e. The Bertz CT molecular complexity index is 1130. The van der Waals surface area contributed by atoms with Gasteiger partial charge in [-0.3, -0.25) is 0 Å². The van der Waals surface area contributed by atoms with E-state index in [0.29, 0.717) is 23.0 Å². The normalized spacial score (nSPS) is 10.8. The molecule has 0 unspecified atom stereocenters. The third-order valence-corrected chi connectivity index (χ3v) is 4.58. The maximum absolute atomic E-state index is 6.23. The van der Waals surface area contributed by atoms with E-state index < -0.39 is 0 Å². The van der Waals surface area contributed by atoms with E-state index in [1.807, 2.05) is 61.5 Å². The Morgan fingerprint density at radius 1 is 1.00 bits per heavy atom. The zero-order valence-corrected chi connectivity index (χ0v) is 16.1. The molecule has 0 aliphatic carbocycles. The summed E-state index contributed by atoms with van der Waals surface area (Å²) in [6.45, 7) is 2.44. The number of benzene rings is 2. The summed E-state index contributed by atoms with van der Waals surface area (Å²) in [6.07, 6.45) is 1.73. The van der Waals surface area contributed by atoms with E-state index in [1.54, 1.807) is 12.3 Å². The Hall–Kier alpha value is -3.15. The molecule has 0 atom stereocenters. The number of ether oxygens (including phenoxy) is 1. The molecule has 5 nitrogen and oxygen atoms in total. The highest BCUT2D eigenvalue weighted by atomic mass is 35.5. The fraction of sp³-hybridized carbons (Fsp3) is 0.0909. The van der Waals surface area contributed by atoms with Crippen molar-refractivity contribution in [3.8, 4) is 11.5 Å². The predicted octanol–water partition coefficient (Wildman–Crippen LogP) is 5.59. The van der Waals surface area contributed by atoms with Gasteiger partial charge < -0.3 is 15.8 Å². The summed E-state index contributed by atoms with van der Waals surface area (Å²) in [5.74, 6) is 1.38. The molecule has 0 radical (unpaired) electrons. The summed E-state index contributed by atoms with van der Waals surface area (Å²) in [5, 5.41) is 4.94. The van der Waals surface area contributed by atoms with Crippen LogP contribution in [0.2, 0.25) is 5.02 Å². The van der Waals surface area contributed by atoms with Crippen LogP contribution >= 0.6 is 11.6 Å². The van der Waals surface area contributed by atoms with Crippen LogP contribution < -0.4 is 15.8 Å². The molecular formula is C22H19ClN4O. The number of hydrogen-bond donors (Lipinski definition) is 2. The highest BCUT2D eigenvalue weighted by Gasteiger charge is 2.10. The van der Waals surface area contributed by atoms with Crippen molar-refractivity contribution in [1.29, 1.82) is 0 Å². The minimum Gasteiger partial charge on any atom is -0.455 e. The minimum atomic E-state index is 0.497. The Morgan fingerprint density at radius 2 is 1.82 bits per heavy atom. The number of anilines is 2. The van der Waals surface area contributed by atoms with E-state index in [-0.39, 0.29) is 0 Å². The summed E-state index contributed by atoms with van der Waals surface area (Å²) in [6, 6.07) is 19.0. The Morgan fingerprint density at radius 3 is 2.61 bits per heavy atom. The van der Waals surface area contributed by atoms with Crippen molar-refractivity contribution in [1.82, 2.24) is 9.97 Å². The van der Waals surface area contributed by atoms with Gasteiger partial charge in [0.2, 0.25) is 0 Å². The van der Waals surface area contributed by atoms with Gasteiger partial charge in [0.15, 0.2) is 11.4 Å². The standard InChI is InChI=1S/C22H19ClN4O/c1-14-2-8-18-19(10-11-25-22(18)26-14)27-20-12-16(23)5-9-21(20)28-17-6-3-15(13-24)4-7-17/h2-12H,13,24H2,1H3,(H,25,26,27). The van der Waals surface area contributed by atoms with Crippen LogP contribution in [0.15, 0.2) is 66.9 Å². The molecule has 140 valence electrons. The summed E-state index contributed by atoms with van der Waals surface area (Å²) < 4.78 is 6.07. The molecule has 0 aliphatic heterocycles. The Balaban J connectivity index is 1.69. The van der Waals surface area contributed by atoms with Gasteiger partial charge in [-0.25, -0.2) is 9.97 Å². The van der Waals surface area contributed by atoms with Crippen LogP contribution in [0.4, 0.5) is 11.4 Å². The first-order chi connectivity index (χ1) is 13.6. The number of pyridine rings is 2. The van der Waals surface area contributed by atoms with Gasteiger partial charge in [-0.2, -0.15) is 0 Å². The van der Waals surface area contributed by atoms with Crippen LogP contribution in [0.5, 0.6) is 11.5 Å². The summed E-state index contributed by atoms with van der Waals surface area (Å²) in [4.78, 5) is 8.83. The van der Waals surface area contributed by atoms with Gasteiger partial charge in [0.05, 0.1) is 11.4 Å². The summed E-state index contributed by atoms with van der Waals surface area (Å²) >= 11 is 6.23. The number of fused-ring (bicyclic) bond motifs is 1. The lowest BCUT2D eigenvalue weighted by Gasteiger charge is -2.15. The van der Waals surface area contributed by atoms with Crippen LogP contribution in [-0.2, 0) is 6.54 Å². The molecule has 4 aromatic rings. The number of nitrogens with zero attached hydrogens (tertiary/aromatic N) is 2. The molecule has 0 amide bonds. The summed E-state index contributed by atoms with van der Waals surface area (Å²) in [7, 11) is 0. The van der Waals surface area contributed by atoms with E-state index >= 15 is 0 Å². The Labute approximate surface area is 168 Å². The lowest BCUT2D eigenvalue weighted by Crippen LogP contribution is -1.98. The second-order valence-electron chi connectivity index (χ2n) is 6.40. The monoisotopic (exact) mass is 390 g/mol. The molecule has 2 heterocycles. The van der Waals surface area contributed by atoms with Crippen LogP contribution in [0, 0.1) is 6.92 Å². The summed E-state index contributed by atoms with van der Waals surface area (Å²) in [5.41, 5.74) is 9.95. The number of rotatable bonds is 5. The molecule has 2 aromatic heterocycles. The predicted molar refractivity (Wildman–Crippen MR) is 113 cm³/mol. The van der Waals surface area contributed by atoms with Gasteiger partial charge in [0.25, 0.3) is 0 Å². The van der Waals surface area contributed by atoms with Crippen LogP contribution in [0.25, 0.3) is 11.0 Å². The number of nitrogens with one attached hydrogen (secondary N) is 1. The quantitative estimate of drug-likeness (QED) is 0.465. The highest BCUT2D eigenvalue weighted by molar-refractivity contribution is 6.31. The van der Waals surface area contributed by atoms with Crippen LogP contribution in [0.1, 0.15) is 11.3 Å². The average molecular weight is 391 g/mol. The van der Waals surface area contributed by atoms with Crippen molar-refractivity contribution in [3.05, 3.63) is 83.1 Å². The smallest absolute Gasteiger partial charge is 0.161 e. The first-order valence-corrected chi connectivity index (χ1v) is 9.26. The van der Waals surface area contributed by atoms with Crippen molar-refractivity contribution in [3.63, 3.8) is 0 Å². The molecule has 2 aromatic carbocycles. The van der Waals surface area contributed by atoms with E-state index in [9.17, 15) is 0 Å². The van der Waals surface area contributed by atoms with Crippen molar-refractivity contribution >= 4 is 34.0 Å². The van der Waals surface area contributed by atoms with Gasteiger partial charge in [-0.15, -0.1) is 0 Å². The maximum atomic E-state index is 6.23. The number of nitrogens with two attached hydrogens (primary N) is 1. The van der Waals surface area contributed by atoms with Crippen molar-refractivity contribution in [2.24, 2.45) is 5.73 Å². The fourth-order valence-corrected chi connectivity index (χ4v) is 3.06. The number of hydrogen-bond acceptors (Lipinski definition) is 5. The van der Waals surface area contributed by atoms with Gasteiger partial charge in [-0.1, -0.05) is 23.7 Å². The van der Waals surface area contributed by atoms with Crippen molar-refractivity contribution in [2.45, 2.75) is 13.5 Å². The number of halogens is 1. The fourth-order valence-electron chi connectivity index (χ4n) is 2.89. The van der Waals surface area contributed by atoms with Gasteiger partial charge in [-0.05, 0) is 61.0 Å². The first-order valence-electron chi connectivity index (χ1n) is 8.88. The van der Waals surface area contributed by atoms with Gasteiger partial charge in [0, 0.05) is 28.8 Å². The number of aromatic nitrogens is 2. The molecule has 0 saturated carbocycles. The molecule has 0 aliphatic rings. The van der Waals surface area contributed by atoms with E-state index in [4.69, 9.17) is 22.1 Å². The van der Waals surface area contributed by atoms with Crippen molar-refractivity contribution in [2.75, 3.05) is 5.32 Å². The third-order valence-electron chi connectivity index (χ3n) is 4.34. The second kappa shape index (κ2) is 7.84. The zero-order chi connectivity index (χ0) is 19.5. The van der Waals surface area contributed by atoms with Gasteiger partial charge >= 0.3 is 0 Å². The van der Waals surface area contributed by atoms with Crippen LogP contribution in [0.3, 0.4) is 0 Å². The molecule has 0 bridgehead atoms. The third kappa shape index (κ3) is 3.91.